The van der Waals surface area contributed by atoms with E-state index in [1.165, 1.54) is 0 Å². The maximum absolute atomic E-state index is 5.76. The van der Waals surface area contributed by atoms with Crippen LogP contribution in [0.1, 0.15) is 18.1 Å². The molecule has 0 spiro atoms. The largest absolute Gasteiger partial charge is 0.465 e. The van der Waals surface area contributed by atoms with Gasteiger partial charge < -0.3 is 4.74 Å². The Bertz CT molecular complexity index is 850. The average molecular weight is 344 g/mol. The van der Waals surface area contributed by atoms with Crippen LogP contribution in [0.25, 0.3) is 0 Å². The fraction of sp³-hybridized carbons (Fsp3) is 0.130. The summed E-state index contributed by atoms with van der Waals surface area (Å²) >= 11 is 0. The molecule has 3 aromatic rings. The van der Waals surface area contributed by atoms with Crippen molar-refractivity contribution in [2.45, 2.75) is 20.8 Å². The molecule has 3 rings (SSSR count). The number of rotatable bonds is 6. The zero-order chi connectivity index (χ0) is 18.4. The SMILES string of the molecule is CC=COc1c(C)cc(N(Nc2ccccc2)c2ccccc2)cc1C. The second kappa shape index (κ2) is 8.26. The Labute approximate surface area is 155 Å². The van der Waals surface area contributed by atoms with E-state index in [1.807, 2.05) is 49.4 Å². The van der Waals surface area contributed by atoms with Gasteiger partial charge in [0, 0.05) is 0 Å². The molecule has 1 N–H and O–H groups in total. The van der Waals surface area contributed by atoms with Gasteiger partial charge in [-0.2, -0.15) is 0 Å². The summed E-state index contributed by atoms with van der Waals surface area (Å²) in [6, 6.07) is 24.7. The van der Waals surface area contributed by atoms with Gasteiger partial charge in [0.15, 0.2) is 0 Å². The molecule has 0 heterocycles. The first kappa shape index (κ1) is 17.6. The van der Waals surface area contributed by atoms with E-state index in [-0.39, 0.29) is 0 Å². The van der Waals surface area contributed by atoms with Gasteiger partial charge in [-0.05, 0) is 68.3 Å². The van der Waals surface area contributed by atoms with Crippen LogP contribution in [0.3, 0.4) is 0 Å². The van der Waals surface area contributed by atoms with Crippen LogP contribution in [0.2, 0.25) is 0 Å². The lowest BCUT2D eigenvalue weighted by molar-refractivity contribution is 0.473. The molecule has 0 saturated heterocycles. The van der Waals surface area contributed by atoms with Crippen LogP contribution in [0, 0.1) is 13.8 Å². The zero-order valence-electron chi connectivity index (χ0n) is 15.4. The second-order valence-electron chi connectivity index (χ2n) is 6.14. The third-order valence-corrected chi connectivity index (χ3v) is 4.05. The van der Waals surface area contributed by atoms with Gasteiger partial charge in [0.05, 0.1) is 23.3 Å². The Hall–Kier alpha value is -3.20. The Morgan fingerprint density at radius 2 is 1.38 bits per heavy atom. The number of nitrogens with one attached hydrogen (secondary N) is 1. The number of ether oxygens (including phenoxy) is 1. The molecule has 3 nitrogen and oxygen atoms in total. The summed E-state index contributed by atoms with van der Waals surface area (Å²) in [5.41, 5.74) is 8.84. The molecule has 0 bridgehead atoms. The van der Waals surface area contributed by atoms with Crippen LogP contribution >= 0.6 is 0 Å². The third kappa shape index (κ3) is 4.06. The summed E-state index contributed by atoms with van der Waals surface area (Å²) in [4.78, 5) is 0. The molecule has 0 saturated carbocycles. The third-order valence-electron chi connectivity index (χ3n) is 4.05. The van der Waals surface area contributed by atoms with Crippen molar-refractivity contribution in [3.05, 3.63) is 96.3 Å². The smallest absolute Gasteiger partial charge is 0.132 e. The Kier molecular flexibility index (Phi) is 5.59. The number of allylic oxidation sites excluding steroid dienone is 1. The molecule has 0 unspecified atom stereocenters. The van der Waals surface area contributed by atoms with E-state index in [2.05, 4.69) is 60.7 Å². The van der Waals surface area contributed by atoms with Crippen LogP contribution in [-0.2, 0) is 0 Å². The maximum atomic E-state index is 5.76. The van der Waals surface area contributed by atoms with Crippen molar-refractivity contribution in [1.29, 1.82) is 0 Å². The number of hydrogen-bond donors (Lipinski definition) is 1. The van der Waals surface area contributed by atoms with Crippen molar-refractivity contribution in [3.63, 3.8) is 0 Å². The van der Waals surface area contributed by atoms with E-state index in [9.17, 15) is 0 Å². The van der Waals surface area contributed by atoms with E-state index >= 15 is 0 Å². The van der Waals surface area contributed by atoms with Crippen molar-refractivity contribution in [1.82, 2.24) is 0 Å². The molecule has 26 heavy (non-hydrogen) atoms. The van der Waals surface area contributed by atoms with E-state index in [0.717, 1.165) is 33.9 Å². The van der Waals surface area contributed by atoms with Crippen molar-refractivity contribution >= 4 is 17.1 Å². The van der Waals surface area contributed by atoms with E-state index in [4.69, 9.17) is 4.74 Å². The summed E-state index contributed by atoms with van der Waals surface area (Å²) in [5.74, 6) is 0.902. The van der Waals surface area contributed by atoms with Gasteiger partial charge in [0.2, 0.25) is 0 Å². The fourth-order valence-corrected chi connectivity index (χ4v) is 2.88. The monoisotopic (exact) mass is 344 g/mol. The van der Waals surface area contributed by atoms with Crippen LogP contribution < -0.4 is 15.2 Å². The van der Waals surface area contributed by atoms with Gasteiger partial charge in [-0.3, -0.25) is 10.4 Å². The van der Waals surface area contributed by atoms with Crippen molar-refractivity contribution < 1.29 is 4.74 Å². The fourth-order valence-electron chi connectivity index (χ4n) is 2.88. The molecule has 0 radical (unpaired) electrons. The van der Waals surface area contributed by atoms with E-state index in [1.54, 1.807) is 6.26 Å². The van der Waals surface area contributed by atoms with Gasteiger partial charge in [-0.15, -0.1) is 0 Å². The molecule has 132 valence electrons. The Morgan fingerprint density at radius 3 is 1.96 bits per heavy atom. The lowest BCUT2D eigenvalue weighted by atomic mass is 10.1. The van der Waals surface area contributed by atoms with Crippen LogP contribution in [0.5, 0.6) is 5.75 Å². The van der Waals surface area contributed by atoms with Crippen molar-refractivity contribution in [2.75, 3.05) is 10.4 Å². The highest BCUT2D eigenvalue weighted by Crippen LogP contribution is 2.33. The number of hydrazine groups is 1. The molecule has 0 aliphatic rings. The van der Waals surface area contributed by atoms with Gasteiger partial charge in [-0.25, -0.2) is 0 Å². The molecule has 3 heteroatoms. The average Bonchev–Trinajstić information content (AvgIpc) is 2.67. The standard InChI is InChI=1S/C23H24N2O/c1-4-15-26-23-18(2)16-22(17-19(23)3)25(21-13-9-6-10-14-21)24-20-11-7-5-8-12-20/h4-17,24H,1-3H3. The number of anilines is 3. The zero-order valence-corrected chi connectivity index (χ0v) is 15.4. The molecule has 0 amide bonds. The molecule has 0 aliphatic carbocycles. The van der Waals surface area contributed by atoms with Crippen LogP contribution in [0.4, 0.5) is 17.1 Å². The number of aryl methyl sites for hydroxylation is 2. The van der Waals surface area contributed by atoms with Crippen molar-refractivity contribution in [2.24, 2.45) is 0 Å². The first-order chi connectivity index (χ1) is 12.7. The summed E-state index contributed by atoms with van der Waals surface area (Å²) in [7, 11) is 0. The number of para-hydroxylation sites is 2. The minimum absolute atomic E-state index is 0.902. The molecule has 0 aliphatic heterocycles. The molecule has 0 atom stereocenters. The predicted octanol–water partition coefficient (Wildman–Crippen LogP) is 6.38. The quantitative estimate of drug-likeness (QED) is 0.415. The number of benzene rings is 3. The van der Waals surface area contributed by atoms with Gasteiger partial charge >= 0.3 is 0 Å². The normalized spacial score (nSPS) is 10.7. The van der Waals surface area contributed by atoms with E-state index < -0.39 is 0 Å². The molecule has 3 aromatic carbocycles. The summed E-state index contributed by atoms with van der Waals surface area (Å²) in [6.45, 7) is 6.09. The summed E-state index contributed by atoms with van der Waals surface area (Å²) in [6.07, 6.45) is 3.60. The predicted molar refractivity (Wildman–Crippen MR) is 110 cm³/mol. The maximum Gasteiger partial charge on any atom is 0.132 e. The highest BCUT2D eigenvalue weighted by atomic mass is 16.5. The second-order valence-corrected chi connectivity index (χ2v) is 6.14. The highest BCUT2D eigenvalue weighted by Gasteiger charge is 2.13. The van der Waals surface area contributed by atoms with Gasteiger partial charge in [0.25, 0.3) is 0 Å². The number of nitrogens with zero attached hydrogens (tertiary/aromatic N) is 1. The molecule has 0 aromatic heterocycles. The van der Waals surface area contributed by atoms with E-state index in [0.29, 0.717) is 0 Å². The lowest BCUT2D eigenvalue weighted by Gasteiger charge is -2.28. The summed E-state index contributed by atoms with van der Waals surface area (Å²) < 4.78 is 5.76. The van der Waals surface area contributed by atoms with Crippen LogP contribution in [-0.4, -0.2) is 0 Å². The van der Waals surface area contributed by atoms with Gasteiger partial charge in [0.1, 0.15) is 5.75 Å². The minimum atomic E-state index is 0.902. The first-order valence-electron chi connectivity index (χ1n) is 8.75. The van der Waals surface area contributed by atoms with Gasteiger partial charge in [-0.1, -0.05) is 42.5 Å². The number of hydrogen-bond acceptors (Lipinski definition) is 3. The minimum Gasteiger partial charge on any atom is -0.465 e. The molecular formula is C23H24N2O. The molecular weight excluding hydrogens is 320 g/mol. The highest BCUT2D eigenvalue weighted by molar-refractivity contribution is 5.70. The summed E-state index contributed by atoms with van der Waals surface area (Å²) in [5, 5.41) is 2.09. The first-order valence-corrected chi connectivity index (χ1v) is 8.75. The topological polar surface area (TPSA) is 24.5 Å². The molecule has 0 fully saturated rings. The van der Waals surface area contributed by atoms with Crippen molar-refractivity contribution in [3.8, 4) is 5.75 Å². The Balaban J connectivity index is 2.02. The van der Waals surface area contributed by atoms with Crippen LogP contribution in [0.15, 0.2) is 85.1 Å². The lowest BCUT2D eigenvalue weighted by Crippen LogP contribution is -2.24. The Morgan fingerprint density at radius 1 is 0.808 bits per heavy atom.